The van der Waals surface area contributed by atoms with Crippen molar-refractivity contribution in [3.63, 3.8) is 0 Å². The Kier molecular flexibility index (Phi) is 4.45. The molecule has 21 heavy (non-hydrogen) atoms. The fraction of sp³-hybridized carbons (Fsp3) is 0.533. The molecule has 3 rings (SSSR count). The smallest absolute Gasteiger partial charge is 0.307 e. The molecule has 1 aromatic carbocycles. The van der Waals surface area contributed by atoms with E-state index in [0.717, 1.165) is 16.9 Å². The summed E-state index contributed by atoms with van der Waals surface area (Å²) in [4.78, 5) is 4.39. The molecule has 2 aromatic rings. The standard InChI is InChI=1S/C15H19F2N3S/c1-10(18-8-11-6-7-21-9-11)14-19-12-4-2-3-5-13(12)20(14)15(16)17/h2-5,10-11,15,18H,6-9H2,1H3. The van der Waals surface area contributed by atoms with Crippen LogP contribution in [0.1, 0.15) is 31.8 Å². The Hall–Kier alpha value is -1.14. The molecular formula is C15H19F2N3S. The average molecular weight is 311 g/mol. The molecule has 1 aliphatic rings. The third kappa shape index (κ3) is 3.06. The van der Waals surface area contributed by atoms with Gasteiger partial charge in [-0.2, -0.15) is 20.5 Å². The van der Waals surface area contributed by atoms with E-state index in [9.17, 15) is 8.78 Å². The molecule has 1 aliphatic heterocycles. The summed E-state index contributed by atoms with van der Waals surface area (Å²) in [5.74, 6) is 3.42. The van der Waals surface area contributed by atoms with E-state index in [0.29, 0.717) is 22.8 Å². The van der Waals surface area contributed by atoms with Crippen LogP contribution < -0.4 is 5.32 Å². The van der Waals surface area contributed by atoms with Gasteiger partial charge < -0.3 is 5.32 Å². The predicted molar refractivity (Wildman–Crippen MR) is 82.8 cm³/mol. The summed E-state index contributed by atoms with van der Waals surface area (Å²) in [6.07, 6.45) is 1.20. The van der Waals surface area contributed by atoms with Gasteiger partial charge in [0.15, 0.2) is 0 Å². The number of benzene rings is 1. The second-order valence-corrected chi connectivity index (χ2v) is 6.62. The van der Waals surface area contributed by atoms with Crippen molar-refractivity contribution in [3.05, 3.63) is 30.1 Å². The van der Waals surface area contributed by atoms with Crippen molar-refractivity contribution in [2.75, 3.05) is 18.1 Å². The summed E-state index contributed by atoms with van der Waals surface area (Å²) in [6.45, 7) is 0.196. The van der Waals surface area contributed by atoms with Crippen molar-refractivity contribution in [1.82, 2.24) is 14.9 Å². The lowest BCUT2D eigenvalue weighted by molar-refractivity contribution is 0.0697. The number of halogens is 2. The molecule has 0 spiro atoms. The molecule has 2 atom stereocenters. The molecular weight excluding hydrogens is 292 g/mol. The summed E-state index contributed by atoms with van der Waals surface area (Å²) in [5, 5.41) is 3.37. The second-order valence-electron chi connectivity index (χ2n) is 5.47. The molecule has 1 aromatic heterocycles. The van der Waals surface area contributed by atoms with Crippen LogP contribution >= 0.6 is 11.8 Å². The van der Waals surface area contributed by atoms with Crippen LogP contribution in [0, 0.1) is 5.92 Å². The van der Waals surface area contributed by atoms with Crippen LogP contribution in [0.25, 0.3) is 11.0 Å². The minimum atomic E-state index is -2.57. The average Bonchev–Trinajstić information content (AvgIpc) is 3.11. The van der Waals surface area contributed by atoms with Crippen molar-refractivity contribution in [2.24, 2.45) is 5.92 Å². The maximum Gasteiger partial charge on any atom is 0.320 e. The van der Waals surface area contributed by atoms with Crippen LogP contribution in [0.5, 0.6) is 0 Å². The normalized spacial score (nSPS) is 20.5. The van der Waals surface area contributed by atoms with Gasteiger partial charge >= 0.3 is 6.55 Å². The van der Waals surface area contributed by atoms with Crippen LogP contribution in [0.2, 0.25) is 0 Å². The summed E-state index contributed by atoms with van der Waals surface area (Å²) in [7, 11) is 0. The van der Waals surface area contributed by atoms with Gasteiger partial charge in [-0.3, -0.25) is 4.57 Å². The number of aromatic nitrogens is 2. The second kappa shape index (κ2) is 6.32. The Morgan fingerprint density at radius 2 is 2.24 bits per heavy atom. The van der Waals surface area contributed by atoms with Crippen LogP contribution in [0.15, 0.2) is 24.3 Å². The highest BCUT2D eigenvalue weighted by Crippen LogP contribution is 2.27. The zero-order valence-electron chi connectivity index (χ0n) is 11.9. The molecule has 0 saturated carbocycles. The number of nitrogens with one attached hydrogen (secondary N) is 1. The highest BCUT2D eigenvalue weighted by atomic mass is 32.2. The molecule has 2 heterocycles. The van der Waals surface area contributed by atoms with Gasteiger partial charge in [-0.05, 0) is 49.4 Å². The Labute approximate surface area is 127 Å². The largest absolute Gasteiger partial charge is 0.320 e. The van der Waals surface area contributed by atoms with Crippen molar-refractivity contribution in [3.8, 4) is 0 Å². The first-order valence-corrected chi connectivity index (χ1v) is 8.38. The molecule has 1 N–H and O–H groups in total. The SMILES string of the molecule is CC(NCC1CCSC1)c1nc2ccccc2n1C(F)F. The number of hydrogen-bond acceptors (Lipinski definition) is 3. The van der Waals surface area contributed by atoms with Crippen molar-refractivity contribution < 1.29 is 8.78 Å². The number of alkyl halides is 2. The van der Waals surface area contributed by atoms with Crippen LogP contribution in [-0.4, -0.2) is 27.6 Å². The number of para-hydroxylation sites is 2. The number of hydrogen-bond donors (Lipinski definition) is 1. The van der Waals surface area contributed by atoms with E-state index in [4.69, 9.17) is 0 Å². The summed E-state index contributed by atoms with van der Waals surface area (Å²) >= 11 is 1.96. The first-order chi connectivity index (χ1) is 10.2. The van der Waals surface area contributed by atoms with Gasteiger partial charge in [-0.1, -0.05) is 12.1 Å². The molecule has 0 amide bonds. The Morgan fingerprint density at radius 3 is 2.95 bits per heavy atom. The fourth-order valence-electron chi connectivity index (χ4n) is 2.75. The fourth-order valence-corrected chi connectivity index (χ4v) is 4.04. The van der Waals surface area contributed by atoms with E-state index >= 15 is 0 Å². The van der Waals surface area contributed by atoms with Gasteiger partial charge in [0.2, 0.25) is 0 Å². The minimum Gasteiger partial charge on any atom is -0.307 e. The predicted octanol–water partition coefficient (Wildman–Crippen LogP) is 3.84. The van der Waals surface area contributed by atoms with Crippen molar-refractivity contribution in [2.45, 2.75) is 25.9 Å². The lowest BCUT2D eigenvalue weighted by atomic mass is 10.1. The third-order valence-corrected chi connectivity index (χ3v) is 5.17. The van der Waals surface area contributed by atoms with E-state index < -0.39 is 6.55 Å². The molecule has 6 heteroatoms. The van der Waals surface area contributed by atoms with Crippen molar-refractivity contribution in [1.29, 1.82) is 0 Å². The highest BCUT2D eigenvalue weighted by molar-refractivity contribution is 7.99. The zero-order chi connectivity index (χ0) is 14.8. The van der Waals surface area contributed by atoms with Crippen LogP contribution in [-0.2, 0) is 0 Å². The number of thioether (sulfide) groups is 1. The monoisotopic (exact) mass is 311 g/mol. The topological polar surface area (TPSA) is 29.9 Å². The third-order valence-electron chi connectivity index (χ3n) is 3.94. The van der Waals surface area contributed by atoms with E-state index in [1.54, 1.807) is 18.2 Å². The molecule has 0 radical (unpaired) electrons. The summed E-state index contributed by atoms with van der Waals surface area (Å²) < 4.78 is 27.8. The molecule has 114 valence electrons. The maximum atomic E-state index is 13.4. The van der Waals surface area contributed by atoms with Gasteiger partial charge in [-0.15, -0.1) is 0 Å². The minimum absolute atomic E-state index is 0.183. The summed E-state index contributed by atoms with van der Waals surface area (Å²) in [6, 6.07) is 6.87. The Balaban J connectivity index is 1.82. The molecule has 0 aliphatic carbocycles. The van der Waals surface area contributed by atoms with Gasteiger partial charge in [-0.25, -0.2) is 4.98 Å². The van der Waals surface area contributed by atoms with E-state index in [1.807, 2.05) is 24.8 Å². The highest BCUT2D eigenvalue weighted by Gasteiger charge is 2.23. The number of imidazole rings is 1. The first kappa shape index (κ1) is 14.8. The van der Waals surface area contributed by atoms with Gasteiger partial charge in [0.05, 0.1) is 17.1 Å². The zero-order valence-corrected chi connectivity index (χ0v) is 12.7. The lowest BCUT2D eigenvalue weighted by Crippen LogP contribution is -2.27. The maximum absolute atomic E-state index is 13.4. The van der Waals surface area contributed by atoms with Crippen LogP contribution in [0.4, 0.5) is 8.78 Å². The van der Waals surface area contributed by atoms with E-state index in [2.05, 4.69) is 10.3 Å². The number of rotatable bonds is 5. The molecule has 3 nitrogen and oxygen atoms in total. The van der Waals surface area contributed by atoms with Gasteiger partial charge in [0, 0.05) is 0 Å². The molecule has 1 saturated heterocycles. The Bertz CT molecular complexity index is 608. The van der Waals surface area contributed by atoms with E-state index in [-0.39, 0.29) is 6.04 Å². The lowest BCUT2D eigenvalue weighted by Gasteiger charge is -2.18. The Morgan fingerprint density at radius 1 is 1.43 bits per heavy atom. The molecule has 2 unspecified atom stereocenters. The number of nitrogens with zero attached hydrogens (tertiary/aromatic N) is 2. The van der Waals surface area contributed by atoms with Crippen molar-refractivity contribution >= 4 is 22.8 Å². The van der Waals surface area contributed by atoms with Gasteiger partial charge in [0.1, 0.15) is 5.82 Å². The number of fused-ring (bicyclic) bond motifs is 1. The van der Waals surface area contributed by atoms with Gasteiger partial charge in [0.25, 0.3) is 0 Å². The molecule has 1 fully saturated rings. The summed E-state index contributed by atoms with van der Waals surface area (Å²) in [5.41, 5.74) is 1.12. The van der Waals surface area contributed by atoms with E-state index in [1.165, 1.54) is 12.2 Å². The quantitative estimate of drug-likeness (QED) is 0.910. The van der Waals surface area contributed by atoms with Crippen LogP contribution in [0.3, 0.4) is 0 Å². The molecule has 0 bridgehead atoms. The first-order valence-electron chi connectivity index (χ1n) is 7.23.